The lowest BCUT2D eigenvalue weighted by Crippen LogP contribution is -2.52. The maximum Gasteiger partial charge on any atom is 0.0654 e. The van der Waals surface area contributed by atoms with Crippen LogP contribution in [0.1, 0.15) is 54.4 Å². The van der Waals surface area contributed by atoms with E-state index < -0.39 is 0 Å². The fourth-order valence-corrected chi connectivity index (χ4v) is 3.07. The van der Waals surface area contributed by atoms with Crippen molar-refractivity contribution in [2.24, 2.45) is 22.7 Å². The van der Waals surface area contributed by atoms with Crippen LogP contribution in [0.25, 0.3) is 0 Å². The minimum absolute atomic E-state index is 0.0419. The molecular formula is C18H36O3. The quantitative estimate of drug-likeness (QED) is 0.606. The summed E-state index contributed by atoms with van der Waals surface area (Å²) in [6.07, 6.45) is 2.59. The maximum atomic E-state index is 6.40. The fraction of sp³-hybridized carbons (Fsp3) is 1.00. The van der Waals surface area contributed by atoms with Crippen molar-refractivity contribution in [3.8, 4) is 0 Å². The largest absolute Gasteiger partial charge is 0.384 e. The van der Waals surface area contributed by atoms with Crippen molar-refractivity contribution in [2.75, 3.05) is 34.0 Å². The summed E-state index contributed by atoms with van der Waals surface area (Å²) in [7, 11) is 3.54. The molecule has 0 aromatic heterocycles. The van der Waals surface area contributed by atoms with Gasteiger partial charge in [0.15, 0.2) is 0 Å². The van der Waals surface area contributed by atoms with Crippen LogP contribution >= 0.6 is 0 Å². The van der Waals surface area contributed by atoms with Gasteiger partial charge in [-0.25, -0.2) is 0 Å². The van der Waals surface area contributed by atoms with Crippen molar-refractivity contribution in [3.63, 3.8) is 0 Å². The summed E-state index contributed by atoms with van der Waals surface area (Å²) in [5, 5.41) is 0. The van der Waals surface area contributed by atoms with E-state index >= 15 is 0 Å². The highest BCUT2D eigenvalue weighted by Crippen LogP contribution is 2.48. The van der Waals surface area contributed by atoms with Crippen LogP contribution < -0.4 is 0 Å². The van der Waals surface area contributed by atoms with Gasteiger partial charge in [-0.3, -0.25) is 0 Å². The molecule has 0 bridgehead atoms. The predicted octanol–water partition coefficient (Wildman–Crippen LogP) is 4.15. The second-order valence-electron chi connectivity index (χ2n) is 8.19. The zero-order valence-electron chi connectivity index (χ0n) is 15.4. The lowest BCUT2D eigenvalue weighted by Gasteiger charge is -2.49. The lowest BCUT2D eigenvalue weighted by atomic mass is 9.61. The number of hydrogen-bond acceptors (Lipinski definition) is 3. The van der Waals surface area contributed by atoms with Gasteiger partial charge in [0.1, 0.15) is 0 Å². The summed E-state index contributed by atoms with van der Waals surface area (Å²) in [6, 6.07) is 0. The van der Waals surface area contributed by atoms with Crippen molar-refractivity contribution in [1.29, 1.82) is 0 Å². The van der Waals surface area contributed by atoms with Crippen LogP contribution in [0.3, 0.4) is 0 Å². The van der Waals surface area contributed by atoms with Crippen LogP contribution in [0.15, 0.2) is 0 Å². The number of rotatable bonds is 10. The van der Waals surface area contributed by atoms with E-state index in [0.29, 0.717) is 31.7 Å². The fourth-order valence-electron chi connectivity index (χ4n) is 3.07. The van der Waals surface area contributed by atoms with Crippen molar-refractivity contribution in [3.05, 3.63) is 0 Å². The van der Waals surface area contributed by atoms with E-state index in [1.165, 1.54) is 12.8 Å². The smallest absolute Gasteiger partial charge is 0.0654 e. The van der Waals surface area contributed by atoms with E-state index in [1.54, 1.807) is 14.2 Å². The van der Waals surface area contributed by atoms with Gasteiger partial charge in [-0.2, -0.15) is 0 Å². The first kappa shape index (κ1) is 18.9. The van der Waals surface area contributed by atoms with Crippen LogP contribution in [0.2, 0.25) is 0 Å². The molecule has 0 heterocycles. The van der Waals surface area contributed by atoms with Gasteiger partial charge in [0.05, 0.1) is 25.4 Å². The van der Waals surface area contributed by atoms with E-state index in [0.717, 1.165) is 0 Å². The Morgan fingerprint density at radius 2 is 1.38 bits per heavy atom. The average Bonchev–Trinajstić information content (AvgIpc) is 3.20. The highest BCUT2D eigenvalue weighted by Gasteiger charge is 2.49. The SMILES string of the molecule is COCC(COC)(COC(C)(C)C1CC1)C(C)(C)C(C)C. The molecule has 126 valence electrons. The maximum absolute atomic E-state index is 6.40. The zero-order valence-corrected chi connectivity index (χ0v) is 15.4. The van der Waals surface area contributed by atoms with Crippen LogP contribution in [-0.2, 0) is 14.2 Å². The number of ether oxygens (including phenoxy) is 3. The standard InChI is InChI=1S/C18H36O3/c1-14(2)16(3,4)18(11-19-7,12-20-8)13-21-17(5,6)15-9-10-15/h14-15H,9-13H2,1-8H3. The molecule has 0 aromatic rings. The number of hydrogen-bond donors (Lipinski definition) is 0. The Balaban J connectivity index is 2.93. The van der Waals surface area contributed by atoms with Gasteiger partial charge in [-0.1, -0.05) is 27.7 Å². The molecule has 0 radical (unpaired) electrons. The first-order chi connectivity index (χ1) is 9.63. The lowest BCUT2D eigenvalue weighted by molar-refractivity contribution is -0.163. The molecule has 0 aromatic carbocycles. The molecule has 1 saturated carbocycles. The van der Waals surface area contributed by atoms with Crippen LogP contribution in [0, 0.1) is 22.7 Å². The molecule has 0 aliphatic heterocycles. The van der Waals surface area contributed by atoms with Crippen LogP contribution in [0.5, 0.6) is 0 Å². The number of methoxy groups -OCH3 is 2. The molecule has 0 saturated heterocycles. The zero-order chi connectivity index (χ0) is 16.3. The summed E-state index contributed by atoms with van der Waals surface area (Å²) >= 11 is 0. The summed E-state index contributed by atoms with van der Waals surface area (Å²) in [6.45, 7) is 15.6. The monoisotopic (exact) mass is 300 g/mol. The van der Waals surface area contributed by atoms with Gasteiger partial charge in [0, 0.05) is 19.6 Å². The Morgan fingerprint density at radius 1 is 0.905 bits per heavy atom. The molecule has 3 nitrogen and oxygen atoms in total. The minimum Gasteiger partial charge on any atom is -0.384 e. The van der Waals surface area contributed by atoms with Crippen LogP contribution in [0.4, 0.5) is 0 Å². The summed E-state index contributed by atoms with van der Waals surface area (Å²) in [5.74, 6) is 1.23. The first-order valence-corrected chi connectivity index (χ1v) is 8.25. The molecule has 1 aliphatic rings. The van der Waals surface area contributed by atoms with Crippen molar-refractivity contribution in [2.45, 2.75) is 60.0 Å². The van der Waals surface area contributed by atoms with Crippen molar-refractivity contribution < 1.29 is 14.2 Å². The van der Waals surface area contributed by atoms with Crippen molar-refractivity contribution >= 4 is 0 Å². The predicted molar refractivity (Wildman–Crippen MR) is 87.6 cm³/mol. The molecule has 1 rings (SSSR count). The second kappa shape index (κ2) is 6.97. The molecule has 0 unspecified atom stereocenters. The molecular weight excluding hydrogens is 264 g/mol. The summed E-state index contributed by atoms with van der Waals surface area (Å²) < 4.78 is 17.6. The first-order valence-electron chi connectivity index (χ1n) is 8.25. The van der Waals surface area contributed by atoms with Gasteiger partial charge < -0.3 is 14.2 Å². The Hall–Kier alpha value is -0.120. The van der Waals surface area contributed by atoms with E-state index in [2.05, 4.69) is 41.5 Å². The summed E-state index contributed by atoms with van der Waals surface area (Å²) in [5.41, 5.74) is -0.102. The Bertz CT molecular complexity index is 310. The van der Waals surface area contributed by atoms with Gasteiger partial charge in [-0.05, 0) is 43.9 Å². The molecule has 0 N–H and O–H groups in total. The molecule has 0 atom stereocenters. The normalized spacial score (nSPS) is 17.6. The Labute approximate surface area is 131 Å². The van der Waals surface area contributed by atoms with E-state index in [1.807, 2.05) is 0 Å². The van der Waals surface area contributed by atoms with E-state index in [9.17, 15) is 0 Å². The summed E-state index contributed by atoms with van der Waals surface area (Å²) in [4.78, 5) is 0. The third kappa shape index (κ3) is 4.20. The molecule has 21 heavy (non-hydrogen) atoms. The minimum atomic E-state index is -0.128. The van der Waals surface area contributed by atoms with Gasteiger partial charge in [0.2, 0.25) is 0 Å². The Kier molecular flexibility index (Phi) is 6.28. The molecule has 0 amide bonds. The van der Waals surface area contributed by atoms with Crippen LogP contribution in [-0.4, -0.2) is 39.6 Å². The molecule has 3 heteroatoms. The average molecular weight is 300 g/mol. The molecule has 0 spiro atoms. The van der Waals surface area contributed by atoms with Gasteiger partial charge >= 0.3 is 0 Å². The second-order valence-corrected chi connectivity index (χ2v) is 8.19. The highest BCUT2D eigenvalue weighted by molar-refractivity contribution is 4.97. The van der Waals surface area contributed by atoms with Crippen molar-refractivity contribution in [1.82, 2.24) is 0 Å². The van der Waals surface area contributed by atoms with Gasteiger partial charge in [0.25, 0.3) is 0 Å². The third-order valence-corrected chi connectivity index (χ3v) is 5.93. The van der Waals surface area contributed by atoms with E-state index in [-0.39, 0.29) is 16.4 Å². The topological polar surface area (TPSA) is 27.7 Å². The third-order valence-electron chi connectivity index (χ3n) is 5.93. The molecule has 1 aliphatic carbocycles. The Morgan fingerprint density at radius 3 is 1.71 bits per heavy atom. The van der Waals surface area contributed by atoms with Gasteiger partial charge in [-0.15, -0.1) is 0 Å². The highest BCUT2D eigenvalue weighted by atomic mass is 16.5. The van der Waals surface area contributed by atoms with E-state index in [4.69, 9.17) is 14.2 Å². The molecule has 1 fully saturated rings.